The summed E-state index contributed by atoms with van der Waals surface area (Å²) in [7, 11) is 3.30. The second kappa shape index (κ2) is 6.36. The van der Waals surface area contributed by atoms with Gasteiger partial charge in [-0.05, 0) is 22.9 Å². The van der Waals surface area contributed by atoms with Crippen molar-refractivity contribution in [3.8, 4) is 23.0 Å². The summed E-state index contributed by atoms with van der Waals surface area (Å²) in [5, 5.41) is 4.18. The highest BCUT2D eigenvalue weighted by molar-refractivity contribution is 5.94. The third kappa shape index (κ3) is 2.64. The van der Waals surface area contributed by atoms with E-state index in [1.807, 2.05) is 60.7 Å². The lowest BCUT2D eigenvalue weighted by molar-refractivity contribution is 0.361. The highest BCUT2D eigenvalue weighted by Gasteiger charge is 2.16. The third-order valence-electron chi connectivity index (χ3n) is 4.33. The molecular formula is C22H18O3. The summed E-state index contributed by atoms with van der Waals surface area (Å²) < 4.78 is 17.5. The topological polar surface area (TPSA) is 27.7 Å². The van der Waals surface area contributed by atoms with E-state index in [2.05, 4.69) is 12.1 Å². The average molecular weight is 330 g/mol. The lowest BCUT2D eigenvalue weighted by Crippen LogP contribution is -1.95. The van der Waals surface area contributed by atoms with Crippen LogP contribution >= 0.6 is 0 Å². The fourth-order valence-electron chi connectivity index (χ4n) is 3.08. The number of rotatable bonds is 4. The molecule has 0 amide bonds. The third-order valence-corrected chi connectivity index (χ3v) is 4.33. The SMILES string of the molecule is COc1ccc2ccccc2c1Oc1c(OC)ccc2ccccc12. The highest BCUT2D eigenvalue weighted by Crippen LogP contribution is 2.44. The summed E-state index contributed by atoms with van der Waals surface area (Å²) in [5.41, 5.74) is 0. The summed E-state index contributed by atoms with van der Waals surface area (Å²) in [6, 6.07) is 24.1. The Balaban J connectivity index is 1.97. The smallest absolute Gasteiger partial charge is 0.177 e. The summed E-state index contributed by atoms with van der Waals surface area (Å²) in [6.07, 6.45) is 0. The van der Waals surface area contributed by atoms with Crippen molar-refractivity contribution in [3.63, 3.8) is 0 Å². The molecular weight excluding hydrogens is 312 g/mol. The quantitative estimate of drug-likeness (QED) is 0.473. The minimum Gasteiger partial charge on any atom is -0.493 e. The average Bonchev–Trinajstić information content (AvgIpc) is 2.68. The molecule has 0 saturated heterocycles. The number of hydrogen-bond donors (Lipinski definition) is 0. The van der Waals surface area contributed by atoms with Gasteiger partial charge in [-0.2, -0.15) is 0 Å². The van der Waals surface area contributed by atoms with Crippen LogP contribution in [0.1, 0.15) is 0 Å². The molecule has 0 saturated carbocycles. The zero-order valence-electron chi connectivity index (χ0n) is 14.2. The lowest BCUT2D eigenvalue weighted by atomic mass is 10.1. The standard InChI is InChI=1S/C22H18O3/c1-23-19-13-11-15-7-3-5-9-17(15)21(19)25-22-18-10-6-4-8-16(18)12-14-20(22)24-2/h3-14H,1-2H3. The van der Waals surface area contributed by atoms with E-state index in [9.17, 15) is 0 Å². The molecule has 0 atom stereocenters. The largest absolute Gasteiger partial charge is 0.493 e. The molecule has 0 heterocycles. The van der Waals surface area contributed by atoms with Crippen molar-refractivity contribution in [1.82, 2.24) is 0 Å². The van der Waals surface area contributed by atoms with Crippen LogP contribution in [0.2, 0.25) is 0 Å². The van der Waals surface area contributed by atoms with Gasteiger partial charge in [-0.1, -0.05) is 60.7 Å². The van der Waals surface area contributed by atoms with Gasteiger partial charge in [-0.25, -0.2) is 0 Å². The summed E-state index contributed by atoms with van der Waals surface area (Å²) in [5.74, 6) is 2.76. The van der Waals surface area contributed by atoms with Crippen LogP contribution in [-0.4, -0.2) is 14.2 Å². The fraction of sp³-hybridized carbons (Fsp3) is 0.0909. The monoisotopic (exact) mass is 330 g/mol. The van der Waals surface area contributed by atoms with E-state index < -0.39 is 0 Å². The van der Waals surface area contributed by atoms with E-state index in [0.717, 1.165) is 21.5 Å². The molecule has 0 N–H and O–H groups in total. The first-order chi connectivity index (χ1) is 12.3. The van der Waals surface area contributed by atoms with Crippen molar-refractivity contribution in [2.24, 2.45) is 0 Å². The molecule has 124 valence electrons. The van der Waals surface area contributed by atoms with Crippen LogP contribution in [0.15, 0.2) is 72.8 Å². The predicted octanol–water partition coefficient (Wildman–Crippen LogP) is 5.80. The van der Waals surface area contributed by atoms with Crippen molar-refractivity contribution in [1.29, 1.82) is 0 Å². The zero-order chi connectivity index (χ0) is 17.2. The maximum Gasteiger partial charge on any atom is 0.177 e. The van der Waals surface area contributed by atoms with Crippen molar-refractivity contribution >= 4 is 21.5 Å². The first kappa shape index (κ1) is 15.3. The molecule has 0 aliphatic carbocycles. The molecule has 0 fully saturated rings. The van der Waals surface area contributed by atoms with Crippen molar-refractivity contribution in [2.45, 2.75) is 0 Å². The van der Waals surface area contributed by atoms with Gasteiger partial charge < -0.3 is 14.2 Å². The molecule has 0 radical (unpaired) electrons. The molecule has 4 aromatic carbocycles. The minimum atomic E-state index is 0.689. The molecule has 0 aromatic heterocycles. The van der Waals surface area contributed by atoms with E-state index in [0.29, 0.717) is 23.0 Å². The van der Waals surface area contributed by atoms with Crippen LogP contribution in [0.3, 0.4) is 0 Å². The molecule has 4 rings (SSSR count). The second-order valence-electron chi connectivity index (χ2n) is 5.74. The Labute approximate surface area is 146 Å². The van der Waals surface area contributed by atoms with Gasteiger partial charge in [-0.15, -0.1) is 0 Å². The Morgan fingerprint density at radius 1 is 0.520 bits per heavy atom. The number of fused-ring (bicyclic) bond motifs is 2. The molecule has 0 spiro atoms. The zero-order valence-corrected chi connectivity index (χ0v) is 14.2. The van der Waals surface area contributed by atoms with Crippen LogP contribution in [-0.2, 0) is 0 Å². The van der Waals surface area contributed by atoms with Crippen molar-refractivity contribution in [3.05, 3.63) is 72.8 Å². The molecule has 0 bridgehead atoms. The highest BCUT2D eigenvalue weighted by atomic mass is 16.5. The number of benzene rings is 4. The van der Waals surface area contributed by atoms with Crippen LogP contribution in [0.25, 0.3) is 21.5 Å². The van der Waals surface area contributed by atoms with Crippen LogP contribution < -0.4 is 14.2 Å². The first-order valence-electron chi connectivity index (χ1n) is 8.11. The maximum atomic E-state index is 6.40. The normalized spacial score (nSPS) is 10.8. The Morgan fingerprint density at radius 2 is 0.960 bits per heavy atom. The van der Waals surface area contributed by atoms with E-state index in [4.69, 9.17) is 14.2 Å². The van der Waals surface area contributed by atoms with Gasteiger partial charge in [0.25, 0.3) is 0 Å². The van der Waals surface area contributed by atoms with E-state index >= 15 is 0 Å². The van der Waals surface area contributed by atoms with Gasteiger partial charge in [0.1, 0.15) is 0 Å². The Hall–Kier alpha value is -3.20. The van der Waals surface area contributed by atoms with Gasteiger partial charge in [0.05, 0.1) is 14.2 Å². The Bertz CT molecular complexity index is 968. The molecule has 0 aliphatic rings. The number of methoxy groups -OCH3 is 2. The molecule has 3 nitrogen and oxygen atoms in total. The van der Waals surface area contributed by atoms with E-state index in [-0.39, 0.29) is 0 Å². The Kier molecular flexibility index (Phi) is 3.90. The fourth-order valence-corrected chi connectivity index (χ4v) is 3.08. The first-order valence-corrected chi connectivity index (χ1v) is 8.11. The summed E-state index contributed by atoms with van der Waals surface area (Å²) in [4.78, 5) is 0. The number of ether oxygens (including phenoxy) is 3. The molecule has 3 heteroatoms. The summed E-state index contributed by atoms with van der Waals surface area (Å²) >= 11 is 0. The van der Waals surface area contributed by atoms with Crippen molar-refractivity contribution < 1.29 is 14.2 Å². The van der Waals surface area contributed by atoms with E-state index in [1.165, 1.54) is 0 Å². The molecule has 4 aromatic rings. The van der Waals surface area contributed by atoms with Gasteiger partial charge in [0.15, 0.2) is 23.0 Å². The molecule has 25 heavy (non-hydrogen) atoms. The predicted molar refractivity (Wildman–Crippen MR) is 101 cm³/mol. The van der Waals surface area contributed by atoms with Crippen molar-refractivity contribution in [2.75, 3.05) is 14.2 Å². The second-order valence-corrected chi connectivity index (χ2v) is 5.74. The minimum absolute atomic E-state index is 0.689. The maximum absolute atomic E-state index is 6.40. The van der Waals surface area contributed by atoms with Crippen LogP contribution in [0.5, 0.6) is 23.0 Å². The van der Waals surface area contributed by atoms with Gasteiger partial charge >= 0.3 is 0 Å². The van der Waals surface area contributed by atoms with Gasteiger partial charge in [0.2, 0.25) is 0 Å². The number of hydrogen-bond acceptors (Lipinski definition) is 3. The molecule has 0 unspecified atom stereocenters. The van der Waals surface area contributed by atoms with Crippen LogP contribution in [0.4, 0.5) is 0 Å². The molecule has 0 aliphatic heterocycles. The van der Waals surface area contributed by atoms with Crippen LogP contribution in [0, 0.1) is 0 Å². The lowest BCUT2D eigenvalue weighted by Gasteiger charge is -2.17. The summed E-state index contributed by atoms with van der Waals surface area (Å²) in [6.45, 7) is 0. The van der Waals surface area contributed by atoms with Gasteiger partial charge in [-0.3, -0.25) is 0 Å². The Morgan fingerprint density at radius 3 is 1.40 bits per heavy atom. The van der Waals surface area contributed by atoms with E-state index in [1.54, 1.807) is 14.2 Å². The van der Waals surface area contributed by atoms with Gasteiger partial charge in [0, 0.05) is 10.8 Å².